The van der Waals surface area contributed by atoms with Crippen molar-refractivity contribution in [3.05, 3.63) is 0 Å². The SMILES string of the molecule is CCCCCCCC(N)OC(=O)N(CC)C(C)O. The van der Waals surface area contributed by atoms with Gasteiger partial charge < -0.3 is 9.84 Å². The van der Waals surface area contributed by atoms with Gasteiger partial charge in [-0.05, 0) is 26.7 Å². The third-order valence-corrected chi connectivity index (χ3v) is 2.87. The fourth-order valence-electron chi connectivity index (χ4n) is 1.75. The zero-order valence-electron chi connectivity index (χ0n) is 11.9. The van der Waals surface area contributed by atoms with Gasteiger partial charge in [0.15, 0.2) is 6.23 Å². The maximum Gasteiger partial charge on any atom is 0.413 e. The van der Waals surface area contributed by atoms with Gasteiger partial charge in [0.05, 0.1) is 0 Å². The minimum atomic E-state index is -0.848. The first kappa shape index (κ1) is 17.2. The summed E-state index contributed by atoms with van der Waals surface area (Å²) in [6, 6.07) is 0. The molecule has 0 aromatic heterocycles. The second-order valence-corrected chi connectivity index (χ2v) is 4.54. The van der Waals surface area contributed by atoms with Crippen molar-refractivity contribution in [3.63, 3.8) is 0 Å². The van der Waals surface area contributed by atoms with Crippen LogP contribution in [0.25, 0.3) is 0 Å². The molecule has 108 valence electrons. The van der Waals surface area contributed by atoms with E-state index in [9.17, 15) is 9.90 Å². The molecule has 0 fully saturated rings. The molecule has 0 heterocycles. The van der Waals surface area contributed by atoms with E-state index in [2.05, 4.69) is 6.92 Å². The van der Waals surface area contributed by atoms with E-state index in [1.54, 1.807) is 6.92 Å². The van der Waals surface area contributed by atoms with Gasteiger partial charge in [-0.2, -0.15) is 0 Å². The summed E-state index contributed by atoms with van der Waals surface area (Å²) in [5.74, 6) is 0. The van der Waals surface area contributed by atoms with Crippen LogP contribution < -0.4 is 5.73 Å². The molecule has 0 aliphatic rings. The summed E-state index contributed by atoms with van der Waals surface area (Å²) in [5, 5.41) is 9.35. The fraction of sp³-hybridized carbons (Fsp3) is 0.923. The number of nitrogens with zero attached hydrogens (tertiary/aromatic N) is 1. The summed E-state index contributed by atoms with van der Waals surface area (Å²) in [6.45, 7) is 5.88. The number of unbranched alkanes of at least 4 members (excludes halogenated alkanes) is 4. The third-order valence-electron chi connectivity index (χ3n) is 2.87. The van der Waals surface area contributed by atoms with E-state index in [0.29, 0.717) is 13.0 Å². The second kappa shape index (κ2) is 10.1. The highest BCUT2D eigenvalue weighted by molar-refractivity contribution is 5.67. The molecule has 2 unspecified atom stereocenters. The van der Waals surface area contributed by atoms with Gasteiger partial charge in [0.25, 0.3) is 0 Å². The van der Waals surface area contributed by atoms with Crippen molar-refractivity contribution < 1.29 is 14.6 Å². The van der Waals surface area contributed by atoms with Crippen LogP contribution in [0.15, 0.2) is 0 Å². The molecule has 18 heavy (non-hydrogen) atoms. The van der Waals surface area contributed by atoms with Crippen molar-refractivity contribution in [3.8, 4) is 0 Å². The molecule has 0 aromatic carbocycles. The van der Waals surface area contributed by atoms with Crippen molar-refractivity contribution >= 4 is 6.09 Å². The monoisotopic (exact) mass is 260 g/mol. The Morgan fingerprint density at radius 2 is 1.89 bits per heavy atom. The Labute approximate surface area is 110 Å². The molecular formula is C13H28N2O3. The smallest absolute Gasteiger partial charge is 0.413 e. The van der Waals surface area contributed by atoms with Crippen LogP contribution in [0.2, 0.25) is 0 Å². The van der Waals surface area contributed by atoms with Crippen molar-refractivity contribution in [1.29, 1.82) is 0 Å². The largest absolute Gasteiger partial charge is 0.430 e. The first-order chi connectivity index (χ1) is 8.52. The molecular weight excluding hydrogens is 232 g/mol. The summed E-state index contributed by atoms with van der Waals surface area (Å²) in [7, 11) is 0. The van der Waals surface area contributed by atoms with Crippen LogP contribution in [0.3, 0.4) is 0 Å². The standard InChI is InChI=1S/C13H28N2O3/c1-4-6-7-8-9-10-12(14)18-13(17)15(5-2)11(3)16/h11-12,16H,4-10,14H2,1-3H3. The Kier molecular flexibility index (Phi) is 9.69. The molecule has 0 saturated heterocycles. The lowest BCUT2D eigenvalue weighted by molar-refractivity contribution is -0.00303. The van der Waals surface area contributed by atoms with Gasteiger partial charge in [-0.25, -0.2) is 4.79 Å². The minimum Gasteiger partial charge on any atom is -0.430 e. The van der Waals surface area contributed by atoms with Gasteiger partial charge in [0.1, 0.15) is 6.23 Å². The third kappa shape index (κ3) is 7.50. The van der Waals surface area contributed by atoms with Crippen LogP contribution in [0.5, 0.6) is 0 Å². The van der Waals surface area contributed by atoms with Gasteiger partial charge >= 0.3 is 6.09 Å². The van der Waals surface area contributed by atoms with Crippen LogP contribution in [0.1, 0.15) is 59.3 Å². The highest BCUT2D eigenvalue weighted by atomic mass is 16.6. The Hall–Kier alpha value is -0.810. The molecule has 5 nitrogen and oxygen atoms in total. The van der Waals surface area contributed by atoms with Gasteiger partial charge in [0.2, 0.25) is 0 Å². The first-order valence-electron chi connectivity index (χ1n) is 6.93. The molecule has 2 atom stereocenters. The van der Waals surface area contributed by atoms with E-state index >= 15 is 0 Å². The summed E-state index contributed by atoms with van der Waals surface area (Å²) in [6.07, 6.45) is 4.43. The number of hydrogen-bond donors (Lipinski definition) is 2. The average molecular weight is 260 g/mol. The molecule has 0 saturated carbocycles. The minimum absolute atomic E-state index is 0.402. The number of hydrogen-bond acceptors (Lipinski definition) is 4. The molecule has 5 heteroatoms. The van der Waals surface area contributed by atoms with Crippen LogP contribution >= 0.6 is 0 Å². The van der Waals surface area contributed by atoms with E-state index < -0.39 is 18.5 Å². The number of aliphatic hydroxyl groups is 1. The lowest BCUT2D eigenvalue weighted by Gasteiger charge is -2.25. The molecule has 0 aliphatic carbocycles. The van der Waals surface area contributed by atoms with Crippen molar-refractivity contribution in [2.45, 2.75) is 71.8 Å². The predicted octanol–water partition coefficient (Wildman–Crippen LogP) is 2.43. The van der Waals surface area contributed by atoms with Gasteiger partial charge in [0, 0.05) is 6.54 Å². The number of ether oxygens (including phenoxy) is 1. The average Bonchev–Trinajstić information content (AvgIpc) is 2.29. The molecule has 1 amide bonds. The maximum absolute atomic E-state index is 11.6. The summed E-state index contributed by atoms with van der Waals surface area (Å²) < 4.78 is 5.08. The maximum atomic E-state index is 11.6. The zero-order chi connectivity index (χ0) is 14.0. The zero-order valence-corrected chi connectivity index (χ0v) is 11.9. The van der Waals surface area contributed by atoms with Crippen LogP contribution in [-0.2, 0) is 4.74 Å². The lowest BCUT2D eigenvalue weighted by atomic mass is 10.1. The molecule has 0 aliphatic heterocycles. The number of carbonyl (C=O) groups is 1. The lowest BCUT2D eigenvalue weighted by Crippen LogP contribution is -2.42. The number of nitrogens with two attached hydrogens (primary N) is 1. The van der Waals surface area contributed by atoms with E-state index in [4.69, 9.17) is 10.5 Å². The highest BCUT2D eigenvalue weighted by Gasteiger charge is 2.19. The van der Waals surface area contributed by atoms with E-state index in [-0.39, 0.29) is 0 Å². The quantitative estimate of drug-likeness (QED) is 0.493. The Balaban J connectivity index is 3.79. The van der Waals surface area contributed by atoms with Crippen molar-refractivity contribution in [2.24, 2.45) is 5.73 Å². The number of amides is 1. The highest BCUT2D eigenvalue weighted by Crippen LogP contribution is 2.08. The molecule has 0 bridgehead atoms. The van der Waals surface area contributed by atoms with E-state index in [0.717, 1.165) is 12.8 Å². The fourth-order valence-corrected chi connectivity index (χ4v) is 1.75. The summed E-state index contributed by atoms with van der Waals surface area (Å²) in [5.41, 5.74) is 5.73. The number of aliphatic hydroxyl groups excluding tert-OH is 1. The van der Waals surface area contributed by atoms with Gasteiger partial charge in [-0.3, -0.25) is 10.6 Å². The van der Waals surface area contributed by atoms with Gasteiger partial charge in [-0.15, -0.1) is 0 Å². The van der Waals surface area contributed by atoms with Crippen LogP contribution in [-0.4, -0.2) is 35.1 Å². The topological polar surface area (TPSA) is 75.8 Å². The predicted molar refractivity (Wildman–Crippen MR) is 71.9 cm³/mol. The number of rotatable bonds is 9. The number of carbonyl (C=O) groups excluding carboxylic acids is 1. The Bertz CT molecular complexity index is 222. The first-order valence-corrected chi connectivity index (χ1v) is 6.93. The van der Waals surface area contributed by atoms with Crippen LogP contribution in [0.4, 0.5) is 4.79 Å². The second-order valence-electron chi connectivity index (χ2n) is 4.54. The molecule has 0 spiro atoms. The molecule has 0 aromatic rings. The van der Waals surface area contributed by atoms with Crippen LogP contribution in [0, 0.1) is 0 Å². The normalized spacial score (nSPS) is 14.1. The van der Waals surface area contributed by atoms with Crippen molar-refractivity contribution in [2.75, 3.05) is 6.54 Å². The van der Waals surface area contributed by atoms with Gasteiger partial charge in [-0.1, -0.05) is 32.6 Å². The summed E-state index contributed by atoms with van der Waals surface area (Å²) >= 11 is 0. The Morgan fingerprint density at radius 3 is 2.39 bits per heavy atom. The summed E-state index contributed by atoms with van der Waals surface area (Å²) in [4.78, 5) is 12.9. The molecule has 0 radical (unpaired) electrons. The molecule has 0 rings (SSSR count). The Morgan fingerprint density at radius 1 is 1.28 bits per heavy atom. The van der Waals surface area contributed by atoms with E-state index in [1.165, 1.54) is 31.1 Å². The molecule has 3 N–H and O–H groups in total. The van der Waals surface area contributed by atoms with E-state index in [1.807, 2.05) is 0 Å². The van der Waals surface area contributed by atoms with Crippen molar-refractivity contribution in [1.82, 2.24) is 4.90 Å².